The van der Waals surface area contributed by atoms with E-state index in [2.05, 4.69) is 4.98 Å². The van der Waals surface area contributed by atoms with E-state index in [0.29, 0.717) is 5.88 Å². The molecule has 0 unspecified atom stereocenters. The zero-order chi connectivity index (χ0) is 18.1. The van der Waals surface area contributed by atoms with E-state index < -0.39 is 0 Å². The van der Waals surface area contributed by atoms with Crippen molar-refractivity contribution >= 4 is 17.2 Å². The van der Waals surface area contributed by atoms with Gasteiger partial charge in [-0.25, -0.2) is 4.98 Å². The first kappa shape index (κ1) is 17.5. The van der Waals surface area contributed by atoms with Crippen LogP contribution in [-0.4, -0.2) is 47.2 Å². The maximum atomic E-state index is 13.1. The summed E-state index contributed by atoms with van der Waals surface area (Å²) in [5, 5.41) is 0. The molecule has 1 saturated carbocycles. The Morgan fingerprint density at radius 1 is 1.31 bits per heavy atom. The van der Waals surface area contributed by atoms with Crippen LogP contribution in [0.4, 0.5) is 0 Å². The highest BCUT2D eigenvalue weighted by molar-refractivity contribution is 7.13. The summed E-state index contributed by atoms with van der Waals surface area (Å²) in [5.74, 6) is 0.762. The minimum atomic E-state index is -0.244. The Hall–Kier alpha value is -1.92. The van der Waals surface area contributed by atoms with Gasteiger partial charge in [-0.3, -0.25) is 4.79 Å². The van der Waals surface area contributed by atoms with Crippen molar-refractivity contribution in [1.29, 1.82) is 0 Å². The van der Waals surface area contributed by atoms with Crippen LogP contribution in [0.1, 0.15) is 40.2 Å². The number of aryl methyl sites for hydroxylation is 1. The van der Waals surface area contributed by atoms with Crippen LogP contribution < -0.4 is 4.74 Å². The van der Waals surface area contributed by atoms with Crippen molar-refractivity contribution in [3.8, 4) is 5.88 Å². The summed E-state index contributed by atoms with van der Waals surface area (Å²) in [6.07, 6.45) is 5.28. The summed E-state index contributed by atoms with van der Waals surface area (Å²) in [5.41, 5.74) is -0.244. The minimum absolute atomic E-state index is 0.0462. The van der Waals surface area contributed by atoms with Gasteiger partial charge in [0.15, 0.2) is 0 Å². The van der Waals surface area contributed by atoms with Crippen molar-refractivity contribution in [3.63, 3.8) is 0 Å². The largest absolute Gasteiger partial charge is 0.474 e. The van der Waals surface area contributed by atoms with Crippen molar-refractivity contribution in [1.82, 2.24) is 9.88 Å². The molecule has 1 saturated heterocycles. The molecule has 26 heavy (non-hydrogen) atoms. The number of fused-ring (bicyclic) bond motifs is 1. The molecule has 2 aromatic heterocycles. The number of aromatic nitrogens is 1. The number of amides is 1. The zero-order valence-electron chi connectivity index (χ0n) is 15.2. The predicted octanol–water partition coefficient (Wildman–Crippen LogP) is 3.68. The molecule has 1 aliphatic carbocycles. The third-order valence-corrected chi connectivity index (χ3v) is 6.67. The predicted molar refractivity (Wildman–Crippen MR) is 101 cm³/mol. The SMILES string of the molecule is CO[C@@]12CC[C@H](Oc3ccccn3)C[C@@H]1N(C(=O)c1ccc(C)s1)CC2. The second-order valence-corrected chi connectivity index (χ2v) is 8.41. The number of hydrogen-bond acceptors (Lipinski definition) is 5. The van der Waals surface area contributed by atoms with Crippen molar-refractivity contribution in [2.24, 2.45) is 0 Å². The molecule has 3 atom stereocenters. The molecule has 2 aromatic rings. The van der Waals surface area contributed by atoms with E-state index in [-0.39, 0.29) is 23.7 Å². The molecule has 2 aliphatic rings. The van der Waals surface area contributed by atoms with Crippen LogP contribution in [0.2, 0.25) is 0 Å². The monoisotopic (exact) mass is 372 g/mol. The maximum Gasteiger partial charge on any atom is 0.264 e. The average Bonchev–Trinajstić information content (AvgIpc) is 3.26. The molecular formula is C20H24N2O3S. The lowest BCUT2D eigenvalue weighted by molar-refractivity contribution is -0.0788. The summed E-state index contributed by atoms with van der Waals surface area (Å²) in [4.78, 5) is 21.3. The lowest BCUT2D eigenvalue weighted by atomic mass is 9.79. The fourth-order valence-electron chi connectivity index (χ4n) is 4.29. The van der Waals surface area contributed by atoms with Gasteiger partial charge >= 0.3 is 0 Å². The van der Waals surface area contributed by atoms with E-state index in [1.54, 1.807) is 24.6 Å². The van der Waals surface area contributed by atoms with Crippen LogP contribution in [0.15, 0.2) is 36.5 Å². The van der Waals surface area contributed by atoms with Gasteiger partial charge in [0.1, 0.15) is 6.10 Å². The first-order valence-electron chi connectivity index (χ1n) is 9.11. The number of carbonyl (C=O) groups excluding carboxylic acids is 1. The van der Waals surface area contributed by atoms with Crippen molar-refractivity contribution in [2.75, 3.05) is 13.7 Å². The summed E-state index contributed by atoms with van der Waals surface area (Å²) in [6.45, 7) is 2.77. The van der Waals surface area contributed by atoms with Crippen LogP contribution in [0, 0.1) is 6.92 Å². The van der Waals surface area contributed by atoms with Gasteiger partial charge in [-0.15, -0.1) is 11.3 Å². The van der Waals surface area contributed by atoms with Crippen molar-refractivity contribution in [3.05, 3.63) is 46.3 Å². The third-order valence-electron chi connectivity index (χ3n) is 5.68. The highest BCUT2D eigenvalue weighted by atomic mass is 32.1. The lowest BCUT2D eigenvalue weighted by Gasteiger charge is -2.43. The quantitative estimate of drug-likeness (QED) is 0.821. The second-order valence-electron chi connectivity index (χ2n) is 7.13. The summed E-state index contributed by atoms with van der Waals surface area (Å²) < 4.78 is 12.0. The first-order valence-corrected chi connectivity index (χ1v) is 9.93. The molecule has 2 fully saturated rings. The van der Waals surface area contributed by atoms with Gasteiger partial charge in [0.25, 0.3) is 5.91 Å². The Bertz CT molecular complexity index is 778. The van der Waals surface area contributed by atoms with Gasteiger partial charge in [0, 0.05) is 37.2 Å². The van der Waals surface area contributed by atoms with Crippen LogP contribution >= 0.6 is 11.3 Å². The number of carbonyl (C=O) groups is 1. The molecule has 0 bridgehead atoms. The Labute approximate surface area is 157 Å². The highest BCUT2D eigenvalue weighted by Crippen LogP contribution is 2.44. The van der Waals surface area contributed by atoms with Crippen LogP contribution in [0.5, 0.6) is 5.88 Å². The lowest BCUT2D eigenvalue weighted by Crippen LogP contribution is -2.53. The molecule has 6 heteroatoms. The van der Waals surface area contributed by atoms with Gasteiger partial charge in [0.05, 0.1) is 16.5 Å². The number of likely N-dealkylation sites (tertiary alicyclic amines) is 1. The van der Waals surface area contributed by atoms with Gasteiger partial charge in [-0.1, -0.05) is 6.07 Å². The molecule has 0 aromatic carbocycles. The molecule has 0 spiro atoms. The molecule has 1 amide bonds. The van der Waals surface area contributed by atoms with E-state index in [1.165, 1.54) is 0 Å². The van der Waals surface area contributed by atoms with Crippen molar-refractivity contribution in [2.45, 2.75) is 50.4 Å². The van der Waals surface area contributed by atoms with Gasteiger partial charge in [-0.2, -0.15) is 0 Å². The highest BCUT2D eigenvalue weighted by Gasteiger charge is 2.53. The van der Waals surface area contributed by atoms with Crippen LogP contribution in [0.3, 0.4) is 0 Å². The molecule has 138 valence electrons. The van der Waals surface area contributed by atoms with Gasteiger partial charge < -0.3 is 14.4 Å². The fourth-order valence-corrected chi connectivity index (χ4v) is 5.11. The molecule has 3 heterocycles. The number of thiophene rings is 1. The molecule has 4 rings (SSSR count). The Morgan fingerprint density at radius 2 is 2.19 bits per heavy atom. The van der Waals surface area contributed by atoms with E-state index in [9.17, 15) is 4.79 Å². The smallest absolute Gasteiger partial charge is 0.264 e. The van der Waals surface area contributed by atoms with Crippen molar-refractivity contribution < 1.29 is 14.3 Å². The Morgan fingerprint density at radius 3 is 2.88 bits per heavy atom. The number of rotatable bonds is 4. The van der Waals surface area contributed by atoms with Gasteiger partial charge in [-0.05, 0) is 44.4 Å². The maximum absolute atomic E-state index is 13.1. The Balaban J connectivity index is 1.53. The molecule has 5 nitrogen and oxygen atoms in total. The third kappa shape index (κ3) is 3.12. The number of nitrogens with zero attached hydrogens (tertiary/aromatic N) is 2. The summed E-state index contributed by atoms with van der Waals surface area (Å²) >= 11 is 1.56. The molecule has 0 radical (unpaired) electrons. The zero-order valence-corrected chi connectivity index (χ0v) is 16.0. The normalized spacial score (nSPS) is 28.0. The summed E-state index contributed by atoms with van der Waals surface area (Å²) in [7, 11) is 1.77. The van der Waals surface area contributed by atoms with Crippen LogP contribution in [0.25, 0.3) is 0 Å². The Kier molecular flexibility index (Phi) is 4.71. The van der Waals surface area contributed by atoms with E-state index in [4.69, 9.17) is 9.47 Å². The molecule has 1 aliphatic heterocycles. The van der Waals surface area contributed by atoms with Crippen LogP contribution in [-0.2, 0) is 4.74 Å². The second kappa shape index (κ2) is 7.00. The van der Waals surface area contributed by atoms with E-state index in [0.717, 1.165) is 42.0 Å². The van der Waals surface area contributed by atoms with Gasteiger partial charge in [0.2, 0.25) is 5.88 Å². The topological polar surface area (TPSA) is 51.7 Å². The minimum Gasteiger partial charge on any atom is -0.474 e. The van der Waals surface area contributed by atoms with E-state index >= 15 is 0 Å². The average molecular weight is 372 g/mol. The molecule has 0 N–H and O–H groups in total. The number of methoxy groups -OCH3 is 1. The molecular weight excluding hydrogens is 348 g/mol. The number of pyridine rings is 1. The fraction of sp³-hybridized carbons (Fsp3) is 0.500. The number of hydrogen-bond donors (Lipinski definition) is 0. The van der Waals surface area contributed by atoms with E-state index in [1.807, 2.05) is 42.2 Å². The number of ether oxygens (including phenoxy) is 2. The first-order chi connectivity index (χ1) is 12.6. The standard InChI is InChI=1S/C20H24N2O3S/c1-14-6-7-16(26-14)19(23)22-12-10-20(24-2)9-8-15(13-17(20)22)25-18-5-3-4-11-21-18/h3-7,11,15,17H,8-10,12-13H2,1-2H3/t15-,17-,20+/m0/s1. The summed E-state index contributed by atoms with van der Waals surface area (Å²) in [6, 6.07) is 9.67.